The van der Waals surface area contributed by atoms with Gasteiger partial charge in [-0.3, -0.25) is 0 Å². The van der Waals surface area contributed by atoms with Crippen LogP contribution in [0, 0.1) is 5.92 Å². The first-order valence-corrected chi connectivity index (χ1v) is 7.39. The minimum Gasteiger partial charge on any atom is -0.373 e. The van der Waals surface area contributed by atoms with Gasteiger partial charge in [0.1, 0.15) is 0 Å². The molecule has 0 aromatic carbocycles. The van der Waals surface area contributed by atoms with E-state index in [1.165, 1.54) is 22.6 Å². The van der Waals surface area contributed by atoms with Crippen LogP contribution in [0.3, 0.4) is 0 Å². The van der Waals surface area contributed by atoms with E-state index in [0.717, 1.165) is 19.2 Å². The van der Waals surface area contributed by atoms with Crippen LogP contribution in [-0.2, 0) is 17.9 Å². The summed E-state index contributed by atoms with van der Waals surface area (Å²) in [6.45, 7) is 8.32. The Bertz CT molecular complexity index is 344. The third kappa shape index (κ3) is 4.41. The average Bonchev–Trinajstić information content (AvgIpc) is 3.02. The number of hydrogen-bond acceptors (Lipinski definition) is 3. The lowest BCUT2D eigenvalue weighted by Gasteiger charge is -2.15. The van der Waals surface area contributed by atoms with Crippen LogP contribution >= 0.6 is 11.3 Å². The number of rotatable bonds is 7. The molecule has 0 radical (unpaired) electrons. The Hall–Kier alpha value is -0.380. The molecular weight excluding hydrogens is 230 g/mol. The summed E-state index contributed by atoms with van der Waals surface area (Å²) in [4.78, 5) is 2.76. The fourth-order valence-electron chi connectivity index (χ4n) is 1.53. The van der Waals surface area contributed by atoms with Gasteiger partial charge < -0.3 is 10.1 Å². The maximum absolute atomic E-state index is 5.83. The average molecular weight is 253 g/mol. The van der Waals surface area contributed by atoms with E-state index in [-0.39, 0.29) is 0 Å². The van der Waals surface area contributed by atoms with Crippen LogP contribution in [0.5, 0.6) is 0 Å². The van der Waals surface area contributed by atoms with Crippen LogP contribution in [0.15, 0.2) is 12.1 Å². The minimum absolute atomic E-state index is 0.338. The molecule has 0 bridgehead atoms. The summed E-state index contributed by atoms with van der Waals surface area (Å²) in [5.41, 5.74) is 0. The maximum atomic E-state index is 5.83. The van der Waals surface area contributed by atoms with E-state index in [4.69, 9.17) is 4.74 Å². The van der Waals surface area contributed by atoms with Crippen molar-refractivity contribution in [1.82, 2.24) is 5.32 Å². The highest BCUT2D eigenvalue weighted by molar-refractivity contribution is 7.11. The molecule has 1 unspecified atom stereocenters. The van der Waals surface area contributed by atoms with Crippen molar-refractivity contribution in [2.24, 2.45) is 5.92 Å². The van der Waals surface area contributed by atoms with Gasteiger partial charge in [-0.1, -0.05) is 13.8 Å². The molecule has 17 heavy (non-hydrogen) atoms. The van der Waals surface area contributed by atoms with Crippen molar-refractivity contribution in [2.45, 2.75) is 58.9 Å². The van der Waals surface area contributed by atoms with Gasteiger partial charge in [-0.15, -0.1) is 11.3 Å². The van der Waals surface area contributed by atoms with E-state index in [9.17, 15) is 0 Å². The molecule has 0 aliphatic heterocycles. The second-order valence-electron chi connectivity index (χ2n) is 5.28. The summed E-state index contributed by atoms with van der Waals surface area (Å²) >= 11 is 1.87. The first-order chi connectivity index (χ1) is 8.15. The first kappa shape index (κ1) is 13.1. The molecule has 1 atom stereocenters. The fourth-order valence-corrected chi connectivity index (χ4v) is 2.42. The van der Waals surface area contributed by atoms with E-state index >= 15 is 0 Å². The standard InChI is InChI=1S/C14H23NOS/c1-10(2)11(3)16-9-14-7-6-13(17-14)8-15-12-4-5-12/h6-7,10-12,15H,4-5,8-9H2,1-3H3. The van der Waals surface area contributed by atoms with E-state index in [2.05, 4.69) is 38.2 Å². The Morgan fingerprint density at radius 1 is 1.29 bits per heavy atom. The minimum atomic E-state index is 0.338. The SMILES string of the molecule is CC(C)C(C)OCc1ccc(CNC2CC2)s1. The van der Waals surface area contributed by atoms with E-state index in [0.29, 0.717) is 12.0 Å². The van der Waals surface area contributed by atoms with Crippen LogP contribution < -0.4 is 5.32 Å². The van der Waals surface area contributed by atoms with E-state index in [1.54, 1.807) is 0 Å². The number of hydrogen-bond donors (Lipinski definition) is 1. The van der Waals surface area contributed by atoms with E-state index < -0.39 is 0 Å². The van der Waals surface area contributed by atoms with Crippen LogP contribution in [0.25, 0.3) is 0 Å². The zero-order chi connectivity index (χ0) is 12.3. The molecule has 1 aliphatic carbocycles. The van der Waals surface area contributed by atoms with Gasteiger partial charge in [0, 0.05) is 22.3 Å². The first-order valence-electron chi connectivity index (χ1n) is 6.57. The van der Waals surface area contributed by atoms with Crippen molar-refractivity contribution in [2.75, 3.05) is 0 Å². The summed E-state index contributed by atoms with van der Waals surface area (Å²) in [5.74, 6) is 0.589. The van der Waals surface area contributed by atoms with Gasteiger partial charge in [0.25, 0.3) is 0 Å². The highest BCUT2D eigenvalue weighted by Gasteiger charge is 2.20. The zero-order valence-corrected chi connectivity index (χ0v) is 11.8. The van der Waals surface area contributed by atoms with Crippen molar-refractivity contribution >= 4 is 11.3 Å². The Kier molecular flexibility index (Phi) is 4.60. The monoisotopic (exact) mass is 253 g/mol. The molecule has 1 aliphatic rings. The van der Waals surface area contributed by atoms with Gasteiger partial charge in [0.15, 0.2) is 0 Å². The molecular formula is C14H23NOS. The lowest BCUT2D eigenvalue weighted by atomic mass is 10.1. The fraction of sp³-hybridized carbons (Fsp3) is 0.714. The molecule has 96 valence electrons. The number of nitrogens with one attached hydrogen (secondary N) is 1. The largest absolute Gasteiger partial charge is 0.373 e. The van der Waals surface area contributed by atoms with Crippen LogP contribution in [0.2, 0.25) is 0 Å². The summed E-state index contributed by atoms with van der Waals surface area (Å²) in [7, 11) is 0. The van der Waals surface area contributed by atoms with Crippen molar-refractivity contribution in [3.05, 3.63) is 21.9 Å². The normalized spacial score (nSPS) is 17.6. The van der Waals surface area contributed by atoms with Gasteiger partial charge in [-0.2, -0.15) is 0 Å². The summed E-state index contributed by atoms with van der Waals surface area (Å²) in [5, 5.41) is 3.54. The molecule has 2 rings (SSSR count). The Morgan fingerprint density at radius 2 is 2.00 bits per heavy atom. The Labute approximate surface area is 108 Å². The maximum Gasteiger partial charge on any atom is 0.0813 e. The number of thiophene rings is 1. The molecule has 1 saturated carbocycles. The quantitative estimate of drug-likeness (QED) is 0.802. The second kappa shape index (κ2) is 5.98. The molecule has 1 aromatic heterocycles. The van der Waals surface area contributed by atoms with Crippen molar-refractivity contribution in [3.63, 3.8) is 0 Å². The number of ether oxygens (including phenoxy) is 1. The molecule has 1 fully saturated rings. The molecule has 2 nitrogen and oxygen atoms in total. The van der Waals surface area contributed by atoms with E-state index in [1.807, 2.05) is 11.3 Å². The van der Waals surface area contributed by atoms with Gasteiger partial charge in [-0.25, -0.2) is 0 Å². The van der Waals surface area contributed by atoms with Crippen molar-refractivity contribution in [3.8, 4) is 0 Å². The van der Waals surface area contributed by atoms with Crippen LogP contribution in [0.4, 0.5) is 0 Å². The summed E-state index contributed by atoms with van der Waals surface area (Å²) < 4.78 is 5.83. The molecule has 3 heteroatoms. The molecule has 0 amide bonds. The van der Waals surface area contributed by atoms with Gasteiger partial charge in [-0.05, 0) is 37.8 Å². The predicted molar refractivity (Wildman–Crippen MR) is 73.3 cm³/mol. The topological polar surface area (TPSA) is 21.3 Å². The summed E-state index contributed by atoms with van der Waals surface area (Å²) in [6, 6.07) is 5.21. The molecule has 1 heterocycles. The molecule has 0 spiro atoms. The van der Waals surface area contributed by atoms with Gasteiger partial charge >= 0.3 is 0 Å². The third-order valence-electron chi connectivity index (χ3n) is 3.29. The third-order valence-corrected chi connectivity index (χ3v) is 4.35. The van der Waals surface area contributed by atoms with Crippen LogP contribution in [-0.4, -0.2) is 12.1 Å². The Balaban J connectivity index is 1.73. The predicted octanol–water partition coefficient (Wildman–Crippen LogP) is 3.56. The van der Waals surface area contributed by atoms with Crippen LogP contribution in [0.1, 0.15) is 43.4 Å². The highest BCUT2D eigenvalue weighted by Crippen LogP contribution is 2.22. The molecule has 0 saturated heterocycles. The second-order valence-corrected chi connectivity index (χ2v) is 6.54. The lowest BCUT2D eigenvalue weighted by Crippen LogP contribution is -2.14. The van der Waals surface area contributed by atoms with Crippen molar-refractivity contribution < 1.29 is 4.74 Å². The van der Waals surface area contributed by atoms with Gasteiger partial charge in [0.2, 0.25) is 0 Å². The van der Waals surface area contributed by atoms with Gasteiger partial charge in [0.05, 0.1) is 12.7 Å². The zero-order valence-electron chi connectivity index (χ0n) is 11.0. The highest BCUT2D eigenvalue weighted by atomic mass is 32.1. The molecule has 1 aromatic rings. The Morgan fingerprint density at radius 3 is 2.65 bits per heavy atom. The lowest BCUT2D eigenvalue weighted by molar-refractivity contribution is 0.0249. The van der Waals surface area contributed by atoms with Crippen molar-refractivity contribution in [1.29, 1.82) is 0 Å². The summed E-state index contributed by atoms with van der Waals surface area (Å²) in [6.07, 6.45) is 3.05. The smallest absolute Gasteiger partial charge is 0.0813 e. The molecule has 1 N–H and O–H groups in total.